The maximum absolute atomic E-state index is 12.0. The van der Waals surface area contributed by atoms with Crippen LogP contribution >= 0.6 is 0 Å². The van der Waals surface area contributed by atoms with Gasteiger partial charge in [0.15, 0.2) is 0 Å². The van der Waals surface area contributed by atoms with Gasteiger partial charge in [0.05, 0.1) is 10.5 Å². The first-order valence-electron chi connectivity index (χ1n) is 5.74. The number of primary sulfonamides is 1. The van der Waals surface area contributed by atoms with Gasteiger partial charge in [-0.1, -0.05) is 0 Å². The lowest BCUT2D eigenvalue weighted by Gasteiger charge is -2.07. The molecular formula is C13H13N3O3S. The number of carbonyl (C=O) groups excluding carboxylic acids is 1. The SMILES string of the molecule is Cc1ncccc1C(=O)Nc1ccc(S(N)(=O)=O)cc1. The van der Waals surface area contributed by atoms with E-state index >= 15 is 0 Å². The molecule has 2 aromatic rings. The Morgan fingerprint density at radius 2 is 1.85 bits per heavy atom. The minimum Gasteiger partial charge on any atom is -0.322 e. The predicted octanol–water partition coefficient (Wildman–Crippen LogP) is 1.29. The van der Waals surface area contributed by atoms with Crippen molar-refractivity contribution in [3.05, 3.63) is 53.9 Å². The van der Waals surface area contributed by atoms with E-state index in [4.69, 9.17) is 5.14 Å². The summed E-state index contributed by atoms with van der Waals surface area (Å²) in [6, 6.07) is 8.96. The predicted molar refractivity (Wildman–Crippen MR) is 74.7 cm³/mol. The number of hydrogen-bond acceptors (Lipinski definition) is 4. The smallest absolute Gasteiger partial charge is 0.257 e. The Morgan fingerprint density at radius 1 is 1.20 bits per heavy atom. The van der Waals surface area contributed by atoms with Gasteiger partial charge in [-0.05, 0) is 43.3 Å². The number of benzene rings is 1. The van der Waals surface area contributed by atoms with E-state index in [0.29, 0.717) is 16.9 Å². The Hall–Kier alpha value is -2.25. The van der Waals surface area contributed by atoms with Crippen LogP contribution < -0.4 is 10.5 Å². The second-order valence-corrected chi connectivity index (χ2v) is 5.72. The van der Waals surface area contributed by atoms with Gasteiger partial charge in [-0.25, -0.2) is 13.6 Å². The maximum Gasteiger partial charge on any atom is 0.257 e. The molecule has 104 valence electrons. The summed E-state index contributed by atoms with van der Waals surface area (Å²) in [7, 11) is -3.73. The fourth-order valence-corrected chi connectivity index (χ4v) is 2.17. The number of nitrogens with zero attached hydrogens (tertiary/aromatic N) is 1. The summed E-state index contributed by atoms with van der Waals surface area (Å²) in [6.07, 6.45) is 1.60. The van der Waals surface area contributed by atoms with Gasteiger partial charge in [0, 0.05) is 17.6 Å². The molecule has 0 saturated heterocycles. The molecule has 0 atom stereocenters. The minimum absolute atomic E-state index is 0.00643. The van der Waals surface area contributed by atoms with Crippen LogP contribution in [0.25, 0.3) is 0 Å². The first-order valence-corrected chi connectivity index (χ1v) is 7.28. The van der Waals surface area contributed by atoms with E-state index in [1.807, 2.05) is 0 Å². The molecule has 1 amide bonds. The second-order valence-electron chi connectivity index (χ2n) is 4.16. The molecule has 0 aliphatic carbocycles. The lowest BCUT2D eigenvalue weighted by Crippen LogP contribution is -2.15. The van der Waals surface area contributed by atoms with Crippen LogP contribution in [0.5, 0.6) is 0 Å². The van der Waals surface area contributed by atoms with Crippen molar-refractivity contribution in [2.75, 3.05) is 5.32 Å². The molecule has 7 heteroatoms. The van der Waals surface area contributed by atoms with Crippen LogP contribution in [0.2, 0.25) is 0 Å². The lowest BCUT2D eigenvalue weighted by atomic mass is 10.2. The Balaban J connectivity index is 2.19. The van der Waals surface area contributed by atoms with Gasteiger partial charge in [0.1, 0.15) is 0 Å². The number of rotatable bonds is 3. The van der Waals surface area contributed by atoms with Gasteiger partial charge in [-0.15, -0.1) is 0 Å². The molecule has 0 radical (unpaired) electrons. The molecule has 0 fully saturated rings. The van der Waals surface area contributed by atoms with Gasteiger partial charge in [-0.3, -0.25) is 9.78 Å². The summed E-state index contributed by atoms with van der Waals surface area (Å²) in [5.41, 5.74) is 1.56. The summed E-state index contributed by atoms with van der Waals surface area (Å²) in [4.78, 5) is 16.0. The average molecular weight is 291 g/mol. The van der Waals surface area contributed by atoms with Crippen LogP contribution in [0.15, 0.2) is 47.5 Å². The van der Waals surface area contributed by atoms with Crippen molar-refractivity contribution in [2.45, 2.75) is 11.8 Å². The number of carbonyl (C=O) groups is 1. The molecule has 1 aromatic carbocycles. The Bertz CT molecular complexity index is 740. The Labute approximate surface area is 116 Å². The third kappa shape index (κ3) is 3.19. The number of hydrogen-bond donors (Lipinski definition) is 2. The number of nitrogens with one attached hydrogen (secondary N) is 1. The van der Waals surface area contributed by atoms with E-state index in [2.05, 4.69) is 10.3 Å². The highest BCUT2D eigenvalue weighted by Gasteiger charge is 2.11. The average Bonchev–Trinajstić information content (AvgIpc) is 2.38. The van der Waals surface area contributed by atoms with Gasteiger partial charge >= 0.3 is 0 Å². The standard InChI is InChI=1S/C13H13N3O3S/c1-9-12(3-2-8-15-9)13(17)16-10-4-6-11(7-5-10)20(14,18)19/h2-8H,1H3,(H,16,17)(H2,14,18,19). The van der Waals surface area contributed by atoms with Crippen LogP contribution in [-0.4, -0.2) is 19.3 Å². The normalized spacial score (nSPS) is 11.1. The van der Waals surface area contributed by atoms with Gasteiger partial charge in [0.25, 0.3) is 5.91 Å². The van der Waals surface area contributed by atoms with Crippen molar-refractivity contribution in [2.24, 2.45) is 5.14 Å². The molecule has 0 unspecified atom stereocenters. The fourth-order valence-electron chi connectivity index (χ4n) is 1.65. The van der Waals surface area contributed by atoms with E-state index in [-0.39, 0.29) is 10.8 Å². The zero-order valence-electron chi connectivity index (χ0n) is 10.7. The summed E-state index contributed by atoms with van der Waals surface area (Å²) in [5.74, 6) is -0.307. The molecule has 1 aromatic heterocycles. The summed E-state index contributed by atoms with van der Waals surface area (Å²) >= 11 is 0. The highest BCUT2D eigenvalue weighted by molar-refractivity contribution is 7.89. The largest absolute Gasteiger partial charge is 0.322 e. The molecule has 0 aliphatic rings. The van der Waals surface area contributed by atoms with Crippen molar-refractivity contribution in [1.82, 2.24) is 4.98 Å². The van der Waals surface area contributed by atoms with Crippen molar-refractivity contribution >= 4 is 21.6 Å². The number of aromatic nitrogens is 1. The molecule has 1 heterocycles. The highest BCUT2D eigenvalue weighted by Crippen LogP contribution is 2.14. The van der Waals surface area contributed by atoms with Crippen LogP contribution in [0.4, 0.5) is 5.69 Å². The molecule has 0 spiro atoms. The van der Waals surface area contributed by atoms with Crippen LogP contribution in [0, 0.1) is 6.92 Å². The molecule has 3 N–H and O–H groups in total. The lowest BCUT2D eigenvalue weighted by molar-refractivity contribution is 0.102. The number of sulfonamides is 1. The van der Waals surface area contributed by atoms with Gasteiger partial charge in [0.2, 0.25) is 10.0 Å². The van der Waals surface area contributed by atoms with Crippen LogP contribution in [0.3, 0.4) is 0 Å². The van der Waals surface area contributed by atoms with E-state index in [1.54, 1.807) is 25.3 Å². The number of amides is 1. The third-order valence-electron chi connectivity index (χ3n) is 2.69. The number of aryl methyl sites for hydroxylation is 1. The fraction of sp³-hybridized carbons (Fsp3) is 0.0769. The molecule has 2 rings (SSSR count). The van der Waals surface area contributed by atoms with Crippen molar-refractivity contribution in [1.29, 1.82) is 0 Å². The molecule has 20 heavy (non-hydrogen) atoms. The topological polar surface area (TPSA) is 102 Å². The summed E-state index contributed by atoms with van der Waals surface area (Å²) < 4.78 is 22.2. The highest BCUT2D eigenvalue weighted by atomic mass is 32.2. The van der Waals surface area contributed by atoms with E-state index in [0.717, 1.165) is 0 Å². The van der Waals surface area contributed by atoms with Gasteiger partial charge in [-0.2, -0.15) is 0 Å². The first-order chi connectivity index (χ1) is 9.38. The van der Waals surface area contributed by atoms with E-state index in [9.17, 15) is 13.2 Å². The summed E-state index contributed by atoms with van der Waals surface area (Å²) in [5, 5.41) is 7.66. The maximum atomic E-state index is 12.0. The van der Waals surface area contributed by atoms with E-state index in [1.165, 1.54) is 24.3 Å². The quantitative estimate of drug-likeness (QED) is 0.889. The van der Waals surface area contributed by atoms with Gasteiger partial charge < -0.3 is 5.32 Å². The monoisotopic (exact) mass is 291 g/mol. The van der Waals surface area contributed by atoms with Crippen LogP contribution in [-0.2, 0) is 10.0 Å². The number of nitrogens with two attached hydrogens (primary N) is 1. The minimum atomic E-state index is -3.73. The summed E-state index contributed by atoms with van der Waals surface area (Å²) in [6.45, 7) is 1.74. The zero-order valence-corrected chi connectivity index (χ0v) is 11.5. The molecule has 0 bridgehead atoms. The second kappa shape index (κ2) is 5.40. The van der Waals surface area contributed by atoms with Crippen LogP contribution in [0.1, 0.15) is 16.1 Å². The zero-order chi connectivity index (χ0) is 14.8. The third-order valence-corrected chi connectivity index (χ3v) is 3.62. The molecule has 0 saturated carbocycles. The first kappa shape index (κ1) is 14.2. The molecule has 0 aliphatic heterocycles. The van der Waals surface area contributed by atoms with Crippen molar-refractivity contribution in [3.8, 4) is 0 Å². The molecular weight excluding hydrogens is 278 g/mol. The Kier molecular flexibility index (Phi) is 3.82. The van der Waals surface area contributed by atoms with Crippen molar-refractivity contribution in [3.63, 3.8) is 0 Å². The number of anilines is 1. The Morgan fingerprint density at radius 3 is 2.40 bits per heavy atom. The van der Waals surface area contributed by atoms with Crippen molar-refractivity contribution < 1.29 is 13.2 Å². The number of pyridine rings is 1. The molecule has 6 nitrogen and oxygen atoms in total. The van der Waals surface area contributed by atoms with E-state index < -0.39 is 10.0 Å².